The Bertz CT molecular complexity index is 436. The van der Waals surface area contributed by atoms with Crippen LogP contribution in [0.3, 0.4) is 0 Å². The highest BCUT2D eigenvalue weighted by atomic mass is 35.5. The minimum Gasteiger partial charge on any atom is -0.396 e. The van der Waals surface area contributed by atoms with Crippen molar-refractivity contribution in [1.29, 1.82) is 0 Å². The smallest absolute Gasteiger partial charge is 0.270 e. The van der Waals surface area contributed by atoms with Gasteiger partial charge < -0.3 is 10.4 Å². The van der Waals surface area contributed by atoms with E-state index in [0.29, 0.717) is 13.0 Å². The number of nitro groups is 1. The van der Waals surface area contributed by atoms with Crippen LogP contribution in [0, 0.1) is 10.1 Å². The highest BCUT2D eigenvalue weighted by Gasteiger charge is 2.14. The topological polar surface area (TPSA) is 92.5 Å². The van der Waals surface area contributed by atoms with Crippen molar-refractivity contribution in [2.24, 2.45) is 0 Å². The van der Waals surface area contributed by atoms with Crippen LogP contribution in [0.15, 0.2) is 18.2 Å². The van der Waals surface area contributed by atoms with Gasteiger partial charge in [-0.2, -0.15) is 0 Å². The molecule has 1 aromatic rings. The molecule has 0 aliphatic rings. The largest absolute Gasteiger partial charge is 0.396 e. The molecule has 6 nitrogen and oxygen atoms in total. The van der Waals surface area contributed by atoms with Crippen LogP contribution in [-0.4, -0.2) is 29.1 Å². The molecule has 1 rings (SSSR count). The summed E-state index contributed by atoms with van der Waals surface area (Å²) in [6.45, 7) is 0.303. The fourth-order valence-corrected chi connectivity index (χ4v) is 1.44. The zero-order valence-corrected chi connectivity index (χ0v) is 9.61. The maximum Gasteiger partial charge on any atom is 0.270 e. The van der Waals surface area contributed by atoms with Gasteiger partial charge in [0.05, 0.1) is 15.5 Å². The van der Waals surface area contributed by atoms with E-state index in [2.05, 4.69) is 5.32 Å². The predicted molar refractivity (Wildman–Crippen MR) is 62.1 cm³/mol. The average Bonchev–Trinajstić information content (AvgIpc) is 2.28. The van der Waals surface area contributed by atoms with E-state index in [4.69, 9.17) is 16.7 Å². The van der Waals surface area contributed by atoms with Crippen molar-refractivity contribution in [1.82, 2.24) is 5.32 Å². The normalized spacial score (nSPS) is 10.0. The summed E-state index contributed by atoms with van der Waals surface area (Å²) in [6.07, 6.45) is 0.441. The van der Waals surface area contributed by atoms with E-state index in [0.717, 1.165) is 6.07 Å². The van der Waals surface area contributed by atoms with Gasteiger partial charge in [0.1, 0.15) is 0 Å². The second-order valence-corrected chi connectivity index (χ2v) is 3.66. The monoisotopic (exact) mass is 258 g/mol. The van der Waals surface area contributed by atoms with Crippen molar-refractivity contribution >= 4 is 23.2 Å². The van der Waals surface area contributed by atoms with Gasteiger partial charge in [-0.1, -0.05) is 11.6 Å². The molecule has 0 aliphatic carbocycles. The molecule has 0 unspecified atom stereocenters. The van der Waals surface area contributed by atoms with Crippen LogP contribution in [0.5, 0.6) is 0 Å². The van der Waals surface area contributed by atoms with E-state index in [1.807, 2.05) is 0 Å². The van der Waals surface area contributed by atoms with Crippen LogP contribution < -0.4 is 5.32 Å². The lowest BCUT2D eigenvalue weighted by molar-refractivity contribution is -0.384. The number of aliphatic hydroxyl groups excluding tert-OH is 1. The van der Waals surface area contributed by atoms with Crippen molar-refractivity contribution in [3.8, 4) is 0 Å². The quantitative estimate of drug-likeness (QED) is 0.474. The lowest BCUT2D eigenvalue weighted by Crippen LogP contribution is -2.25. The maximum atomic E-state index is 11.6. The number of nitrogens with zero attached hydrogens (tertiary/aromatic N) is 1. The minimum atomic E-state index is -0.584. The first-order valence-corrected chi connectivity index (χ1v) is 5.27. The molecule has 0 spiro atoms. The molecule has 0 bridgehead atoms. The van der Waals surface area contributed by atoms with Crippen LogP contribution >= 0.6 is 11.6 Å². The van der Waals surface area contributed by atoms with Gasteiger partial charge in [0, 0.05) is 25.3 Å². The summed E-state index contributed by atoms with van der Waals surface area (Å²) in [5.74, 6) is -0.418. The lowest BCUT2D eigenvalue weighted by atomic mass is 10.2. The van der Waals surface area contributed by atoms with Crippen molar-refractivity contribution < 1.29 is 14.8 Å². The number of hydrogen-bond donors (Lipinski definition) is 2. The number of nitrogens with one attached hydrogen (secondary N) is 1. The fourth-order valence-electron chi connectivity index (χ4n) is 1.18. The van der Waals surface area contributed by atoms with Gasteiger partial charge in [-0.15, -0.1) is 0 Å². The Balaban J connectivity index is 2.78. The van der Waals surface area contributed by atoms with Gasteiger partial charge in [0.25, 0.3) is 11.6 Å². The summed E-state index contributed by atoms with van der Waals surface area (Å²) >= 11 is 5.77. The molecule has 0 saturated heterocycles. The number of rotatable bonds is 5. The van der Waals surface area contributed by atoms with Crippen LogP contribution in [0.2, 0.25) is 5.02 Å². The highest BCUT2D eigenvalue weighted by Crippen LogP contribution is 2.22. The molecule has 0 radical (unpaired) electrons. The molecule has 0 heterocycles. The summed E-state index contributed by atoms with van der Waals surface area (Å²) in [4.78, 5) is 21.5. The van der Waals surface area contributed by atoms with Gasteiger partial charge in [-0.25, -0.2) is 0 Å². The second kappa shape index (κ2) is 6.17. The number of amides is 1. The van der Waals surface area contributed by atoms with Crippen LogP contribution in [-0.2, 0) is 0 Å². The molecular formula is C10H11ClN2O4. The SMILES string of the molecule is O=C(NCCCO)c1ccc([N+](=O)[O-])cc1Cl. The number of aliphatic hydroxyl groups is 1. The zero-order chi connectivity index (χ0) is 12.8. The number of carbonyl (C=O) groups excluding carboxylic acids is 1. The van der Waals surface area contributed by atoms with Gasteiger partial charge in [0.15, 0.2) is 0 Å². The third-order valence-electron chi connectivity index (χ3n) is 2.03. The number of benzene rings is 1. The first kappa shape index (κ1) is 13.4. The Morgan fingerprint density at radius 1 is 1.53 bits per heavy atom. The molecule has 0 atom stereocenters. The highest BCUT2D eigenvalue weighted by molar-refractivity contribution is 6.34. The van der Waals surface area contributed by atoms with Crippen LogP contribution in [0.4, 0.5) is 5.69 Å². The molecule has 0 saturated carbocycles. The van der Waals surface area contributed by atoms with Gasteiger partial charge in [-0.3, -0.25) is 14.9 Å². The summed E-state index contributed by atoms with van der Waals surface area (Å²) in [6, 6.07) is 3.64. The average molecular weight is 259 g/mol. The van der Waals surface area contributed by atoms with E-state index < -0.39 is 10.8 Å². The Labute approximate surface area is 102 Å². The van der Waals surface area contributed by atoms with Crippen molar-refractivity contribution in [3.63, 3.8) is 0 Å². The summed E-state index contributed by atoms with van der Waals surface area (Å²) in [5.41, 5.74) is 0.0112. The van der Waals surface area contributed by atoms with Crippen molar-refractivity contribution in [3.05, 3.63) is 38.9 Å². The van der Waals surface area contributed by atoms with Gasteiger partial charge in [-0.05, 0) is 12.5 Å². The summed E-state index contributed by atoms with van der Waals surface area (Å²) in [5, 5.41) is 21.6. The molecule has 0 aliphatic heterocycles. The van der Waals surface area contributed by atoms with Gasteiger partial charge >= 0.3 is 0 Å². The van der Waals surface area contributed by atoms with E-state index >= 15 is 0 Å². The number of hydrogen-bond acceptors (Lipinski definition) is 4. The fraction of sp³-hybridized carbons (Fsp3) is 0.300. The maximum absolute atomic E-state index is 11.6. The second-order valence-electron chi connectivity index (χ2n) is 3.25. The van der Waals surface area contributed by atoms with Crippen molar-refractivity contribution in [2.75, 3.05) is 13.2 Å². The molecule has 2 N–H and O–H groups in total. The molecule has 7 heteroatoms. The third kappa shape index (κ3) is 3.69. The minimum absolute atomic E-state index is 0.0196. The van der Waals surface area contributed by atoms with E-state index in [1.54, 1.807) is 0 Å². The summed E-state index contributed by atoms with van der Waals surface area (Å²) in [7, 11) is 0. The molecule has 17 heavy (non-hydrogen) atoms. The third-order valence-corrected chi connectivity index (χ3v) is 2.34. The Morgan fingerprint density at radius 3 is 2.76 bits per heavy atom. The number of carbonyl (C=O) groups is 1. The molecular weight excluding hydrogens is 248 g/mol. The van der Waals surface area contributed by atoms with Gasteiger partial charge in [0.2, 0.25) is 0 Å². The molecule has 0 aromatic heterocycles. The lowest BCUT2D eigenvalue weighted by Gasteiger charge is -2.05. The van der Waals surface area contributed by atoms with Crippen LogP contribution in [0.1, 0.15) is 16.8 Å². The predicted octanol–water partition coefficient (Wildman–Crippen LogP) is 1.36. The first-order valence-electron chi connectivity index (χ1n) is 4.89. The van der Waals surface area contributed by atoms with Crippen molar-refractivity contribution in [2.45, 2.75) is 6.42 Å². The van der Waals surface area contributed by atoms with Crippen LogP contribution in [0.25, 0.3) is 0 Å². The zero-order valence-electron chi connectivity index (χ0n) is 8.85. The molecule has 1 amide bonds. The van der Waals surface area contributed by atoms with E-state index in [1.165, 1.54) is 12.1 Å². The number of halogens is 1. The Hall–Kier alpha value is -1.66. The number of nitro benzene ring substituents is 1. The Morgan fingerprint density at radius 2 is 2.24 bits per heavy atom. The van der Waals surface area contributed by atoms with E-state index in [-0.39, 0.29) is 22.9 Å². The molecule has 1 aromatic carbocycles. The molecule has 92 valence electrons. The standard InChI is InChI=1S/C10H11ClN2O4/c11-9-6-7(13(16)17)2-3-8(9)10(15)12-4-1-5-14/h2-3,6,14H,1,4-5H2,(H,12,15). The van der Waals surface area contributed by atoms with E-state index in [9.17, 15) is 14.9 Å². The molecule has 0 fully saturated rings. The Kier molecular flexibility index (Phi) is 4.86. The number of non-ortho nitro benzene ring substituents is 1. The first-order chi connectivity index (χ1) is 8.06. The summed E-state index contributed by atoms with van der Waals surface area (Å²) < 4.78 is 0.